The van der Waals surface area contributed by atoms with Crippen LogP contribution < -0.4 is 9.47 Å². The molecule has 35 heavy (non-hydrogen) atoms. The summed E-state index contributed by atoms with van der Waals surface area (Å²) in [4.78, 5) is 16.1. The molecule has 0 saturated heterocycles. The molecule has 0 saturated carbocycles. The summed E-state index contributed by atoms with van der Waals surface area (Å²) in [5.41, 5.74) is 7.77. The van der Waals surface area contributed by atoms with Gasteiger partial charge in [-0.2, -0.15) is 0 Å². The van der Waals surface area contributed by atoms with Crippen LogP contribution in [0.1, 0.15) is 41.6 Å². The largest absolute Gasteiger partial charge is 0.492 e. The Morgan fingerprint density at radius 3 is 2.71 bits per heavy atom. The Morgan fingerprint density at radius 1 is 1.03 bits per heavy atom. The van der Waals surface area contributed by atoms with Crippen LogP contribution in [-0.2, 0) is 16.0 Å². The molecule has 1 aliphatic heterocycles. The third-order valence-electron chi connectivity index (χ3n) is 6.93. The van der Waals surface area contributed by atoms with Gasteiger partial charge in [-0.15, -0.1) is 0 Å². The molecule has 1 aromatic heterocycles. The molecule has 0 N–H and O–H groups in total. The molecule has 2 unspecified atom stereocenters. The quantitative estimate of drug-likeness (QED) is 0.319. The fourth-order valence-corrected chi connectivity index (χ4v) is 5.23. The number of rotatable bonds is 6. The predicted octanol–water partition coefficient (Wildman–Crippen LogP) is 6.11. The molecule has 0 bridgehead atoms. The van der Waals surface area contributed by atoms with E-state index in [-0.39, 0.29) is 18.0 Å². The Balaban J connectivity index is 1.27. The van der Waals surface area contributed by atoms with Crippen LogP contribution in [0.3, 0.4) is 0 Å². The minimum absolute atomic E-state index is 0.0195. The number of hydrogen-bond acceptors (Lipinski definition) is 6. The third-order valence-corrected chi connectivity index (χ3v) is 6.93. The van der Waals surface area contributed by atoms with Crippen molar-refractivity contribution in [3.8, 4) is 33.9 Å². The van der Waals surface area contributed by atoms with Gasteiger partial charge in [-0.3, -0.25) is 4.79 Å². The van der Waals surface area contributed by atoms with Gasteiger partial charge in [0.15, 0.2) is 6.39 Å². The lowest BCUT2D eigenvalue weighted by atomic mass is 9.92. The van der Waals surface area contributed by atoms with Gasteiger partial charge in [-0.1, -0.05) is 48.5 Å². The van der Waals surface area contributed by atoms with Gasteiger partial charge in [0.25, 0.3) is 0 Å². The number of aromatic nitrogens is 1. The summed E-state index contributed by atoms with van der Waals surface area (Å²) in [5.74, 6) is 1.35. The zero-order chi connectivity index (χ0) is 23.8. The van der Waals surface area contributed by atoms with E-state index in [9.17, 15) is 4.79 Å². The van der Waals surface area contributed by atoms with E-state index in [1.807, 2.05) is 24.3 Å². The van der Waals surface area contributed by atoms with Gasteiger partial charge in [0, 0.05) is 23.1 Å². The van der Waals surface area contributed by atoms with Crippen LogP contribution >= 0.6 is 0 Å². The second kappa shape index (κ2) is 8.95. The van der Waals surface area contributed by atoms with E-state index >= 15 is 0 Å². The van der Waals surface area contributed by atoms with Crippen LogP contribution in [0, 0.1) is 0 Å². The van der Waals surface area contributed by atoms with Gasteiger partial charge < -0.3 is 18.6 Å². The summed E-state index contributed by atoms with van der Waals surface area (Å²) in [6, 6.07) is 20.6. The number of fused-ring (bicyclic) bond motifs is 2. The maximum absolute atomic E-state index is 11.7. The number of oxazole rings is 1. The molecule has 3 aromatic carbocycles. The van der Waals surface area contributed by atoms with Crippen molar-refractivity contribution in [1.82, 2.24) is 4.98 Å². The van der Waals surface area contributed by atoms with Gasteiger partial charge in [-0.05, 0) is 41.2 Å². The van der Waals surface area contributed by atoms with Gasteiger partial charge >= 0.3 is 5.97 Å². The summed E-state index contributed by atoms with van der Waals surface area (Å²) >= 11 is 0. The van der Waals surface area contributed by atoms with Crippen molar-refractivity contribution in [1.29, 1.82) is 0 Å². The summed E-state index contributed by atoms with van der Waals surface area (Å²) in [5, 5.41) is 0. The van der Waals surface area contributed by atoms with E-state index in [0.717, 1.165) is 46.7 Å². The van der Waals surface area contributed by atoms with Crippen molar-refractivity contribution in [3.63, 3.8) is 0 Å². The predicted molar refractivity (Wildman–Crippen MR) is 130 cm³/mol. The average molecular weight is 468 g/mol. The van der Waals surface area contributed by atoms with Crippen molar-refractivity contribution >= 4 is 5.97 Å². The molecule has 6 nitrogen and oxygen atoms in total. The molecule has 6 heteroatoms. The van der Waals surface area contributed by atoms with E-state index in [4.69, 9.17) is 18.6 Å². The van der Waals surface area contributed by atoms with Crippen LogP contribution in [0.2, 0.25) is 0 Å². The SMILES string of the molecule is COC(=O)CC1COc2cc(OC3CCc4c(-c5ccccc5-c5cocn5)cccc43)ccc21. The zero-order valence-corrected chi connectivity index (χ0v) is 19.4. The molecule has 4 aromatic rings. The Labute approximate surface area is 203 Å². The molecule has 0 spiro atoms. The molecule has 6 rings (SSSR count). The molecule has 0 amide bonds. The van der Waals surface area contributed by atoms with Crippen molar-refractivity contribution in [2.75, 3.05) is 13.7 Å². The Morgan fingerprint density at radius 2 is 1.89 bits per heavy atom. The molecule has 0 radical (unpaired) electrons. The smallest absolute Gasteiger partial charge is 0.306 e. The standard InChI is InChI=1S/C29H25NO5/c1-32-29(31)13-18-15-34-28-14-19(9-10-20(18)28)35-27-12-11-23-21(7-4-8-25(23)27)22-5-2-3-6-24(22)26-16-33-17-30-26/h2-10,14,16-18,27H,11-13,15H2,1H3. The molecular weight excluding hydrogens is 442 g/mol. The van der Waals surface area contributed by atoms with Gasteiger partial charge in [-0.25, -0.2) is 4.98 Å². The monoisotopic (exact) mass is 467 g/mol. The number of hydrogen-bond donors (Lipinski definition) is 0. The molecule has 0 fully saturated rings. The van der Waals surface area contributed by atoms with Crippen molar-refractivity contribution in [3.05, 3.63) is 90.0 Å². The first-order valence-electron chi connectivity index (χ1n) is 11.8. The van der Waals surface area contributed by atoms with E-state index in [1.54, 1.807) is 6.26 Å². The molecule has 2 atom stereocenters. The van der Waals surface area contributed by atoms with E-state index in [1.165, 1.54) is 30.2 Å². The second-order valence-corrected chi connectivity index (χ2v) is 8.93. The normalized spacial score (nSPS) is 18.0. The van der Waals surface area contributed by atoms with Crippen LogP contribution in [0.4, 0.5) is 0 Å². The first-order valence-corrected chi connectivity index (χ1v) is 11.8. The number of carbonyl (C=O) groups is 1. The molecular formula is C29H25NO5. The summed E-state index contributed by atoms with van der Waals surface area (Å²) in [6.45, 7) is 0.481. The highest BCUT2D eigenvalue weighted by Crippen LogP contribution is 2.44. The van der Waals surface area contributed by atoms with Crippen LogP contribution in [-0.4, -0.2) is 24.7 Å². The zero-order valence-electron chi connectivity index (χ0n) is 19.4. The summed E-state index contributed by atoms with van der Waals surface area (Å²) < 4.78 is 22.4. The molecule has 176 valence electrons. The Kier molecular flexibility index (Phi) is 5.49. The molecule has 2 heterocycles. The topological polar surface area (TPSA) is 70.8 Å². The molecule has 2 aliphatic rings. The minimum atomic E-state index is -0.227. The summed E-state index contributed by atoms with van der Waals surface area (Å²) in [7, 11) is 1.41. The highest BCUT2D eigenvalue weighted by Gasteiger charge is 2.30. The van der Waals surface area contributed by atoms with Crippen LogP contribution in [0.5, 0.6) is 11.5 Å². The second-order valence-electron chi connectivity index (χ2n) is 8.93. The first kappa shape index (κ1) is 21.5. The number of methoxy groups -OCH3 is 1. The maximum Gasteiger partial charge on any atom is 0.306 e. The molecule has 1 aliphatic carbocycles. The van der Waals surface area contributed by atoms with E-state index in [0.29, 0.717) is 13.0 Å². The minimum Gasteiger partial charge on any atom is -0.492 e. The number of benzene rings is 3. The van der Waals surface area contributed by atoms with Crippen molar-refractivity contribution < 1.29 is 23.4 Å². The van der Waals surface area contributed by atoms with Gasteiger partial charge in [0.2, 0.25) is 0 Å². The fraction of sp³-hybridized carbons (Fsp3) is 0.241. The average Bonchev–Trinajstić information content (AvgIpc) is 3.65. The Bertz CT molecular complexity index is 1380. The van der Waals surface area contributed by atoms with Crippen LogP contribution in [0.15, 0.2) is 77.7 Å². The first-order chi connectivity index (χ1) is 17.2. The lowest BCUT2D eigenvalue weighted by Gasteiger charge is -2.17. The van der Waals surface area contributed by atoms with Crippen molar-refractivity contribution in [2.45, 2.75) is 31.3 Å². The number of nitrogens with zero attached hydrogens (tertiary/aromatic N) is 1. The van der Waals surface area contributed by atoms with Gasteiger partial charge in [0.1, 0.15) is 29.6 Å². The number of carbonyl (C=O) groups excluding carboxylic acids is 1. The van der Waals surface area contributed by atoms with Gasteiger partial charge in [0.05, 0.1) is 20.1 Å². The van der Waals surface area contributed by atoms with E-state index in [2.05, 4.69) is 41.4 Å². The summed E-state index contributed by atoms with van der Waals surface area (Å²) in [6.07, 6.45) is 5.27. The highest BCUT2D eigenvalue weighted by atomic mass is 16.5. The van der Waals surface area contributed by atoms with Crippen molar-refractivity contribution in [2.24, 2.45) is 0 Å². The fourth-order valence-electron chi connectivity index (χ4n) is 5.23. The lowest BCUT2D eigenvalue weighted by Crippen LogP contribution is -2.09. The number of ether oxygens (including phenoxy) is 3. The number of esters is 1. The Hall–Kier alpha value is -4.06. The van der Waals surface area contributed by atoms with E-state index < -0.39 is 0 Å². The lowest BCUT2D eigenvalue weighted by molar-refractivity contribution is -0.141. The van der Waals surface area contributed by atoms with Crippen LogP contribution in [0.25, 0.3) is 22.4 Å². The highest BCUT2D eigenvalue weighted by molar-refractivity contribution is 5.84. The third kappa shape index (κ3) is 3.95. The maximum atomic E-state index is 11.7.